The maximum atomic E-state index is 12.7. The third-order valence-corrected chi connectivity index (χ3v) is 5.19. The molecule has 0 aromatic heterocycles. The Hall–Kier alpha value is -2.53. The number of aryl methyl sites for hydroxylation is 1. The first kappa shape index (κ1) is 19.2. The van der Waals surface area contributed by atoms with Gasteiger partial charge < -0.3 is 14.8 Å². The van der Waals surface area contributed by atoms with Crippen LogP contribution in [0, 0.1) is 6.92 Å². The second kappa shape index (κ2) is 8.91. The van der Waals surface area contributed by atoms with Crippen molar-refractivity contribution < 1.29 is 14.3 Å². The first-order valence-electron chi connectivity index (χ1n) is 9.43. The van der Waals surface area contributed by atoms with Crippen molar-refractivity contribution >= 4 is 5.91 Å². The quantitative estimate of drug-likeness (QED) is 0.812. The molecule has 1 atom stereocenters. The number of methoxy groups -OCH3 is 2. The van der Waals surface area contributed by atoms with Crippen LogP contribution in [0.15, 0.2) is 42.5 Å². The number of ether oxygens (including phenoxy) is 2. The van der Waals surface area contributed by atoms with Crippen molar-refractivity contribution in [2.75, 3.05) is 33.9 Å². The molecule has 5 nitrogen and oxygen atoms in total. The molecule has 1 heterocycles. The number of benzene rings is 2. The monoisotopic (exact) mass is 368 g/mol. The Kier molecular flexibility index (Phi) is 6.35. The van der Waals surface area contributed by atoms with Crippen molar-refractivity contribution in [2.24, 2.45) is 0 Å². The van der Waals surface area contributed by atoms with Crippen molar-refractivity contribution in [1.29, 1.82) is 0 Å². The third-order valence-electron chi connectivity index (χ3n) is 5.19. The Morgan fingerprint density at radius 3 is 2.59 bits per heavy atom. The van der Waals surface area contributed by atoms with Gasteiger partial charge in [0, 0.05) is 12.1 Å². The number of rotatable bonds is 7. The van der Waals surface area contributed by atoms with Crippen molar-refractivity contribution in [3.05, 3.63) is 59.2 Å². The molecule has 0 spiro atoms. The first-order valence-corrected chi connectivity index (χ1v) is 9.43. The highest BCUT2D eigenvalue weighted by Crippen LogP contribution is 2.27. The highest BCUT2D eigenvalue weighted by atomic mass is 16.5. The second-order valence-corrected chi connectivity index (χ2v) is 6.93. The number of nitrogens with zero attached hydrogens (tertiary/aromatic N) is 1. The number of carbonyl (C=O) groups excluding carboxylic acids is 1. The number of hydrogen-bond acceptors (Lipinski definition) is 4. The molecule has 144 valence electrons. The molecular weight excluding hydrogens is 340 g/mol. The van der Waals surface area contributed by atoms with Crippen LogP contribution in [0.25, 0.3) is 0 Å². The summed E-state index contributed by atoms with van der Waals surface area (Å²) in [5.41, 5.74) is 2.79. The van der Waals surface area contributed by atoms with Gasteiger partial charge in [-0.15, -0.1) is 0 Å². The number of carbonyl (C=O) groups is 1. The predicted octanol–water partition coefficient (Wildman–Crippen LogP) is 3.58. The lowest BCUT2D eigenvalue weighted by atomic mass is 10.0. The molecule has 1 N–H and O–H groups in total. The summed E-state index contributed by atoms with van der Waals surface area (Å²) in [4.78, 5) is 15.1. The van der Waals surface area contributed by atoms with E-state index in [9.17, 15) is 4.79 Å². The van der Waals surface area contributed by atoms with Gasteiger partial charge in [0.25, 0.3) is 5.91 Å². The van der Waals surface area contributed by atoms with E-state index in [1.54, 1.807) is 20.3 Å². The maximum absolute atomic E-state index is 12.7. The Labute approximate surface area is 161 Å². The number of likely N-dealkylation sites (tertiary alicyclic amines) is 1. The second-order valence-electron chi connectivity index (χ2n) is 6.93. The molecule has 2 aromatic carbocycles. The molecule has 1 amide bonds. The molecule has 1 aliphatic rings. The molecule has 1 aliphatic heterocycles. The van der Waals surface area contributed by atoms with Gasteiger partial charge in [-0.3, -0.25) is 9.69 Å². The largest absolute Gasteiger partial charge is 0.497 e. The van der Waals surface area contributed by atoms with Gasteiger partial charge >= 0.3 is 0 Å². The van der Waals surface area contributed by atoms with Crippen molar-refractivity contribution in [3.63, 3.8) is 0 Å². The van der Waals surface area contributed by atoms with Gasteiger partial charge in [0.15, 0.2) is 0 Å². The van der Waals surface area contributed by atoms with E-state index < -0.39 is 0 Å². The van der Waals surface area contributed by atoms with Crippen LogP contribution in [-0.4, -0.2) is 44.7 Å². The van der Waals surface area contributed by atoms with E-state index >= 15 is 0 Å². The van der Waals surface area contributed by atoms with E-state index in [0.29, 0.717) is 12.1 Å². The summed E-state index contributed by atoms with van der Waals surface area (Å²) in [6.07, 6.45) is 2.40. The molecule has 0 aliphatic carbocycles. The average Bonchev–Trinajstić information content (AvgIpc) is 3.23. The number of nitrogens with one attached hydrogen (secondary N) is 1. The molecule has 2 aromatic rings. The Morgan fingerprint density at radius 1 is 1.11 bits per heavy atom. The Bertz CT molecular complexity index is 785. The third kappa shape index (κ3) is 4.61. The zero-order valence-electron chi connectivity index (χ0n) is 16.3. The van der Waals surface area contributed by atoms with E-state index in [1.807, 2.05) is 31.2 Å². The van der Waals surface area contributed by atoms with Gasteiger partial charge in [-0.2, -0.15) is 0 Å². The predicted molar refractivity (Wildman–Crippen MR) is 107 cm³/mol. The van der Waals surface area contributed by atoms with Gasteiger partial charge in [-0.25, -0.2) is 0 Å². The van der Waals surface area contributed by atoms with Crippen LogP contribution in [0.3, 0.4) is 0 Å². The molecule has 1 fully saturated rings. The Balaban J connectivity index is 1.75. The molecule has 3 rings (SSSR count). The van der Waals surface area contributed by atoms with Crippen molar-refractivity contribution in [2.45, 2.75) is 25.8 Å². The van der Waals surface area contributed by atoms with E-state index in [0.717, 1.165) is 35.7 Å². The molecule has 0 saturated carbocycles. The van der Waals surface area contributed by atoms with E-state index in [4.69, 9.17) is 9.47 Å². The molecule has 1 unspecified atom stereocenters. The fraction of sp³-hybridized carbons (Fsp3) is 0.409. The van der Waals surface area contributed by atoms with Gasteiger partial charge in [-0.1, -0.05) is 18.2 Å². The lowest BCUT2D eigenvalue weighted by molar-refractivity contribution is 0.0937. The lowest BCUT2D eigenvalue weighted by Gasteiger charge is -2.28. The molecule has 1 saturated heterocycles. The minimum Gasteiger partial charge on any atom is -0.497 e. The van der Waals surface area contributed by atoms with Gasteiger partial charge in [-0.05, 0) is 68.2 Å². The van der Waals surface area contributed by atoms with E-state index in [1.165, 1.54) is 12.8 Å². The molecule has 27 heavy (non-hydrogen) atoms. The lowest BCUT2D eigenvalue weighted by Crippen LogP contribution is -2.36. The van der Waals surface area contributed by atoms with Gasteiger partial charge in [0.2, 0.25) is 0 Å². The fourth-order valence-corrected chi connectivity index (χ4v) is 3.61. The fourth-order valence-electron chi connectivity index (χ4n) is 3.61. The zero-order valence-corrected chi connectivity index (χ0v) is 16.3. The summed E-state index contributed by atoms with van der Waals surface area (Å²) in [6, 6.07) is 13.8. The summed E-state index contributed by atoms with van der Waals surface area (Å²) in [5, 5.41) is 3.11. The summed E-state index contributed by atoms with van der Waals surface area (Å²) in [6.45, 7) is 4.63. The van der Waals surface area contributed by atoms with Crippen LogP contribution >= 0.6 is 0 Å². The maximum Gasteiger partial charge on any atom is 0.251 e. The highest BCUT2D eigenvalue weighted by molar-refractivity contribution is 5.94. The summed E-state index contributed by atoms with van der Waals surface area (Å²) in [5.74, 6) is 1.48. The van der Waals surface area contributed by atoms with Crippen molar-refractivity contribution in [3.8, 4) is 11.5 Å². The Morgan fingerprint density at radius 2 is 1.89 bits per heavy atom. The average molecular weight is 368 g/mol. The van der Waals surface area contributed by atoms with Crippen LogP contribution in [0.2, 0.25) is 0 Å². The van der Waals surface area contributed by atoms with Crippen LogP contribution in [0.1, 0.15) is 40.4 Å². The van der Waals surface area contributed by atoms with Crippen LogP contribution < -0.4 is 14.8 Å². The van der Waals surface area contributed by atoms with E-state index in [2.05, 4.69) is 22.3 Å². The molecule has 0 bridgehead atoms. The first-order chi connectivity index (χ1) is 13.1. The highest BCUT2D eigenvalue weighted by Gasteiger charge is 2.24. The van der Waals surface area contributed by atoms with Gasteiger partial charge in [0.05, 0.1) is 20.3 Å². The van der Waals surface area contributed by atoms with Crippen LogP contribution in [-0.2, 0) is 0 Å². The standard InChI is InChI=1S/C22H28N2O3/c1-16-9-10-18(14-21(16)27-3)22(25)23-15-20(24-11-4-5-12-24)17-7-6-8-19(13-17)26-2/h6-10,13-14,20H,4-5,11-12,15H2,1-3H3,(H,23,25). The molecule has 0 radical (unpaired) electrons. The van der Waals surface area contributed by atoms with E-state index in [-0.39, 0.29) is 11.9 Å². The smallest absolute Gasteiger partial charge is 0.251 e. The number of amides is 1. The normalized spacial score (nSPS) is 15.4. The minimum atomic E-state index is -0.0830. The SMILES string of the molecule is COc1cccc(C(CNC(=O)c2ccc(C)c(OC)c2)N2CCCC2)c1. The summed E-state index contributed by atoms with van der Waals surface area (Å²) >= 11 is 0. The zero-order chi connectivity index (χ0) is 19.2. The van der Waals surface area contributed by atoms with Crippen LogP contribution in [0.5, 0.6) is 11.5 Å². The van der Waals surface area contributed by atoms with Crippen molar-refractivity contribution in [1.82, 2.24) is 10.2 Å². The topological polar surface area (TPSA) is 50.8 Å². The summed E-state index contributed by atoms with van der Waals surface area (Å²) in [7, 11) is 3.30. The molecular formula is C22H28N2O3. The number of hydrogen-bond donors (Lipinski definition) is 1. The minimum absolute atomic E-state index is 0.0830. The molecule has 5 heteroatoms. The van der Waals surface area contributed by atoms with Crippen LogP contribution in [0.4, 0.5) is 0 Å². The summed E-state index contributed by atoms with van der Waals surface area (Å²) < 4.78 is 10.7. The van der Waals surface area contributed by atoms with Gasteiger partial charge in [0.1, 0.15) is 11.5 Å².